The van der Waals surface area contributed by atoms with Crippen molar-refractivity contribution in [2.75, 3.05) is 30.2 Å². The molecule has 0 fully saturated rings. The lowest BCUT2D eigenvalue weighted by Gasteiger charge is -2.27. The van der Waals surface area contributed by atoms with Crippen LogP contribution in [0.4, 0.5) is 5.69 Å². The number of anilines is 1. The van der Waals surface area contributed by atoms with Crippen LogP contribution >= 0.6 is 11.6 Å². The van der Waals surface area contributed by atoms with Crippen molar-refractivity contribution >= 4 is 33.2 Å². The van der Waals surface area contributed by atoms with E-state index in [2.05, 4.69) is 0 Å². The lowest BCUT2D eigenvalue weighted by Crippen LogP contribution is -2.43. The Kier molecular flexibility index (Phi) is 7.16. The van der Waals surface area contributed by atoms with Gasteiger partial charge in [-0.3, -0.25) is 9.10 Å². The van der Waals surface area contributed by atoms with E-state index in [9.17, 15) is 13.2 Å². The number of rotatable bonds is 8. The molecule has 124 valence electrons. The molecule has 1 amide bonds. The summed E-state index contributed by atoms with van der Waals surface area (Å²) in [5.41, 5.74) is 0.327. The average molecular weight is 347 g/mol. The zero-order valence-electron chi connectivity index (χ0n) is 13.3. The second kappa shape index (κ2) is 8.39. The fourth-order valence-corrected chi connectivity index (χ4v) is 3.31. The molecule has 0 aliphatic rings. The molecule has 0 bridgehead atoms. The summed E-state index contributed by atoms with van der Waals surface area (Å²) in [5, 5.41) is 0.304. The van der Waals surface area contributed by atoms with Crippen LogP contribution in [0.5, 0.6) is 0 Å². The predicted molar refractivity (Wildman–Crippen MR) is 90.8 cm³/mol. The van der Waals surface area contributed by atoms with E-state index in [4.69, 9.17) is 11.6 Å². The molecule has 1 rings (SSSR count). The highest BCUT2D eigenvalue weighted by Gasteiger charge is 2.24. The maximum atomic E-state index is 12.4. The zero-order valence-corrected chi connectivity index (χ0v) is 14.8. The summed E-state index contributed by atoms with van der Waals surface area (Å²) in [6.45, 7) is 4.97. The van der Waals surface area contributed by atoms with Gasteiger partial charge in [0.15, 0.2) is 0 Å². The Morgan fingerprint density at radius 2 is 1.68 bits per heavy atom. The van der Waals surface area contributed by atoms with Gasteiger partial charge in [0.25, 0.3) is 0 Å². The van der Waals surface area contributed by atoms with Crippen molar-refractivity contribution in [1.29, 1.82) is 0 Å². The van der Waals surface area contributed by atoms with Gasteiger partial charge < -0.3 is 4.90 Å². The molecule has 0 aliphatic heterocycles. The number of para-hydroxylation sites is 1. The monoisotopic (exact) mass is 346 g/mol. The topological polar surface area (TPSA) is 57.7 Å². The molecule has 0 radical (unpaired) electrons. The molecule has 0 N–H and O–H groups in total. The van der Waals surface area contributed by atoms with Gasteiger partial charge in [-0.15, -0.1) is 0 Å². The molecule has 0 heterocycles. The third-order valence-corrected chi connectivity index (χ3v) is 4.59. The molecule has 1 aromatic rings. The van der Waals surface area contributed by atoms with E-state index in [0.29, 0.717) is 23.8 Å². The number of amides is 1. The van der Waals surface area contributed by atoms with Crippen molar-refractivity contribution in [2.45, 2.75) is 26.7 Å². The first kappa shape index (κ1) is 18.8. The quantitative estimate of drug-likeness (QED) is 0.727. The Bertz CT molecular complexity index is 599. The molecule has 0 spiro atoms. The Balaban J connectivity index is 3.05. The van der Waals surface area contributed by atoms with Crippen LogP contribution in [0.3, 0.4) is 0 Å². The second-order valence-corrected chi connectivity index (χ2v) is 7.42. The Labute approximate surface area is 137 Å². The molecular weight excluding hydrogens is 324 g/mol. The van der Waals surface area contributed by atoms with Gasteiger partial charge in [-0.05, 0) is 25.0 Å². The molecule has 0 saturated carbocycles. The highest BCUT2D eigenvalue weighted by molar-refractivity contribution is 7.92. The van der Waals surface area contributed by atoms with E-state index >= 15 is 0 Å². The normalized spacial score (nSPS) is 11.3. The van der Waals surface area contributed by atoms with Crippen LogP contribution < -0.4 is 4.31 Å². The van der Waals surface area contributed by atoms with Crippen molar-refractivity contribution in [3.8, 4) is 0 Å². The molecule has 0 aliphatic carbocycles. The van der Waals surface area contributed by atoms with Gasteiger partial charge in [0.1, 0.15) is 6.54 Å². The zero-order chi connectivity index (χ0) is 16.8. The van der Waals surface area contributed by atoms with Gasteiger partial charge in [0.2, 0.25) is 15.9 Å². The molecule has 1 aromatic carbocycles. The minimum atomic E-state index is -3.60. The van der Waals surface area contributed by atoms with Crippen LogP contribution in [-0.4, -0.2) is 45.1 Å². The fraction of sp³-hybridized carbons (Fsp3) is 0.533. The van der Waals surface area contributed by atoms with Gasteiger partial charge in [-0.25, -0.2) is 8.42 Å². The summed E-state index contributed by atoms with van der Waals surface area (Å²) in [4.78, 5) is 14.1. The summed E-state index contributed by atoms with van der Waals surface area (Å²) >= 11 is 6.08. The molecule has 0 saturated heterocycles. The summed E-state index contributed by atoms with van der Waals surface area (Å²) in [7, 11) is -3.60. The Morgan fingerprint density at radius 1 is 1.14 bits per heavy atom. The van der Waals surface area contributed by atoms with E-state index in [-0.39, 0.29) is 12.5 Å². The number of benzene rings is 1. The minimum absolute atomic E-state index is 0.214. The van der Waals surface area contributed by atoms with Crippen LogP contribution in [0.2, 0.25) is 5.02 Å². The highest BCUT2D eigenvalue weighted by Crippen LogP contribution is 2.27. The fourth-order valence-electron chi connectivity index (χ4n) is 2.16. The third kappa shape index (κ3) is 5.18. The lowest BCUT2D eigenvalue weighted by molar-refractivity contribution is -0.129. The molecule has 5 nitrogen and oxygen atoms in total. The molecule has 22 heavy (non-hydrogen) atoms. The summed E-state index contributed by atoms with van der Waals surface area (Å²) in [6.07, 6.45) is 2.74. The molecule has 0 unspecified atom stereocenters. The first-order valence-corrected chi connectivity index (χ1v) is 9.53. The number of carbonyl (C=O) groups is 1. The maximum absolute atomic E-state index is 12.4. The van der Waals surface area contributed by atoms with Crippen molar-refractivity contribution in [1.82, 2.24) is 4.90 Å². The number of hydrogen-bond acceptors (Lipinski definition) is 3. The van der Waals surface area contributed by atoms with Crippen LogP contribution in [-0.2, 0) is 14.8 Å². The number of hydrogen-bond donors (Lipinski definition) is 0. The van der Waals surface area contributed by atoms with Crippen molar-refractivity contribution in [3.05, 3.63) is 29.3 Å². The van der Waals surface area contributed by atoms with Crippen molar-refractivity contribution < 1.29 is 13.2 Å². The van der Waals surface area contributed by atoms with Crippen LogP contribution in [0.1, 0.15) is 26.7 Å². The smallest absolute Gasteiger partial charge is 0.243 e. The van der Waals surface area contributed by atoms with E-state index in [0.717, 1.165) is 23.4 Å². The second-order valence-electron chi connectivity index (χ2n) is 5.10. The molecule has 0 aromatic heterocycles. The van der Waals surface area contributed by atoms with Gasteiger partial charge in [0.05, 0.1) is 17.0 Å². The van der Waals surface area contributed by atoms with E-state index < -0.39 is 10.0 Å². The minimum Gasteiger partial charge on any atom is -0.341 e. The lowest BCUT2D eigenvalue weighted by atomic mass is 10.3. The average Bonchev–Trinajstić information content (AvgIpc) is 2.44. The molecular formula is C15H23ClN2O3S. The summed E-state index contributed by atoms with van der Waals surface area (Å²) in [6, 6.07) is 6.62. The number of carbonyl (C=O) groups excluding carboxylic acids is 1. The Hall–Kier alpha value is -1.27. The summed E-state index contributed by atoms with van der Waals surface area (Å²) < 4.78 is 25.2. The molecule has 7 heteroatoms. The molecule has 0 atom stereocenters. The Morgan fingerprint density at radius 3 is 2.14 bits per heavy atom. The maximum Gasteiger partial charge on any atom is 0.243 e. The third-order valence-electron chi connectivity index (χ3n) is 3.14. The largest absolute Gasteiger partial charge is 0.341 e. The summed E-state index contributed by atoms with van der Waals surface area (Å²) in [5.74, 6) is -0.214. The highest BCUT2D eigenvalue weighted by atomic mass is 35.5. The van der Waals surface area contributed by atoms with Crippen molar-refractivity contribution in [3.63, 3.8) is 0 Å². The van der Waals surface area contributed by atoms with E-state index in [1.807, 2.05) is 13.8 Å². The van der Waals surface area contributed by atoms with Crippen LogP contribution in [0, 0.1) is 0 Å². The van der Waals surface area contributed by atoms with Crippen LogP contribution in [0.15, 0.2) is 24.3 Å². The first-order chi connectivity index (χ1) is 10.3. The number of nitrogens with zero attached hydrogens (tertiary/aromatic N) is 2. The van der Waals surface area contributed by atoms with Crippen molar-refractivity contribution in [2.24, 2.45) is 0 Å². The number of halogens is 1. The van der Waals surface area contributed by atoms with Gasteiger partial charge in [0, 0.05) is 13.1 Å². The van der Waals surface area contributed by atoms with Crippen LogP contribution in [0.25, 0.3) is 0 Å². The standard InChI is InChI=1S/C15H23ClN2O3S/c1-4-10-17(11-5-2)15(19)12-18(22(3,20)21)14-9-7-6-8-13(14)16/h6-9H,4-5,10-12H2,1-3H3. The van der Waals surface area contributed by atoms with E-state index in [1.54, 1.807) is 29.2 Å². The van der Waals surface area contributed by atoms with Gasteiger partial charge in [-0.2, -0.15) is 0 Å². The van der Waals surface area contributed by atoms with E-state index in [1.165, 1.54) is 0 Å². The van der Waals surface area contributed by atoms with Gasteiger partial charge in [-0.1, -0.05) is 37.6 Å². The first-order valence-electron chi connectivity index (χ1n) is 7.31. The predicted octanol–water partition coefficient (Wildman–Crippen LogP) is 2.75. The SMILES string of the molecule is CCCN(CCC)C(=O)CN(c1ccccc1Cl)S(C)(=O)=O. The number of sulfonamides is 1. The van der Waals surface area contributed by atoms with Gasteiger partial charge >= 0.3 is 0 Å².